The third kappa shape index (κ3) is 4.51. The van der Waals surface area contributed by atoms with Crippen LogP contribution >= 0.6 is 0 Å². The van der Waals surface area contributed by atoms with Gasteiger partial charge in [-0.15, -0.1) is 0 Å². The zero-order valence-corrected chi connectivity index (χ0v) is 11.4. The Bertz CT molecular complexity index is 294. The zero-order valence-electron chi connectivity index (χ0n) is 11.4. The van der Waals surface area contributed by atoms with Crippen LogP contribution in [0.1, 0.15) is 39.0 Å². The molecule has 0 aliphatic carbocycles. The molecule has 0 saturated carbocycles. The van der Waals surface area contributed by atoms with Crippen LogP contribution in [0.25, 0.3) is 0 Å². The Morgan fingerprint density at radius 3 is 2.22 bits per heavy atom. The van der Waals surface area contributed by atoms with Crippen LogP contribution in [0, 0.1) is 0 Å². The quantitative estimate of drug-likeness (QED) is 0.716. The van der Waals surface area contributed by atoms with Crippen LogP contribution in [0.4, 0.5) is 0 Å². The lowest BCUT2D eigenvalue weighted by atomic mass is 10.1. The van der Waals surface area contributed by atoms with Gasteiger partial charge in [0, 0.05) is 19.6 Å². The molecule has 2 amide bonds. The number of nitrogens with zero attached hydrogens (tertiary/aromatic N) is 2. The lowest BCUT2D eigenvalue weighted by Crippen LogP contribution is -2.43. The summed E-state index contributed by atoms with van der Waals surface area (Å²) in [6.45, 7) is 7.73. The van der Waals surface area contributed by atoms with E-state index in [2.05, 4.69) is 6.58 Å². The third-order valence-electron chi connectivity index (χ3n) is 3.40. The van der Waals surface area contributed by atoms with Gasteiger partial charge in [-0.25, -0.2) is 0 Å². The molecule has 0 aromatic rings. The van der Waals surface area contributed by atoms with Crippen LogP contribution in [-0.4, -0.2) is 47.8 Å². The number of rotatable bonds is 4. The highest BCUT2D eigenvalue weighted by Crippen LogP contribution is 2.10. The van der Waals surface area contributed by atoms with Gasteiger partial charge in [0.25, 0.3) is 0 Å². The van der Waals surface area contributed by atoms with Crippen LogP contribution in [-0.2, 0) is 9.59 Å². The highest BCUT2D eigenvalue weighted by molar-refractivity contribution is 5.90. The minimum absolute atomic E-state index is 0.0638. The van der Waals surface area contributed by atoms with Crippen LogP contribution in [0.3, 0.4) is 0 Å². The van der Waals surface area contributed by atoms with Gasteiger partial charge in [-0.3, -0.25) is 9.59 Å². The number of amides is 2. The van der Waals surface area contributed by atoms with Crippen molar-refractivity contribution < 1.29 is 9.59 Å². The molecule has 1 fully saturated rings. The first-order valence-corrected chi connectivity index (χ1v) is 6.88. The maximum Gasteiger partial charge on any atom is 0.246 e. The van der Waals surface area contributed by atoms with Crippen molar-refractivity contribution in [1.82, 2.24) is 9.80 Å². The first kappa shape index (κ1) is 14.7. The number of likely N-dealkylation sites (tertiary alicyclic amines) is 1. The fourth-order valence-electron chi connectivity index (χ4n) is 2.23. The molecule has 0 spiro atoms. The van der Waals surface area contributed by atoms with E-state index in [1.165, 1.54) is 30.2 Å². The van der Waals surface area contributed by atoms with Crippen molar-refractivity contribution in [1.29, 1.82) is 0 Å². The van der Waals surface area contributed by atoms with Crippen molar-refractivity contribution in [2.45, 2.75) is 39.0 Å². The number of carbonyl (C=O) groups is 2. The Morgan fingerprint density at radius 1 is 1.17 bits per heavy atom. The van der Waals surface area contributed by atoms with Gasteiger partial charge in [-0.1, -0.05) is 25.8 Å². The molecular formula is C14H24N2O2. The maximum atomic E-state index is 12.2. The van der Waals surface area contributed by atoms with Crippen molar-refractivity contribution in [2.75, 3.05) is 26.2 Å². The molecule has 0 bridgehead atoms. The molecule has 0 aromatic carbocycles. The summed E-state index contributed by atoms with van der Waals surface area (Å²) in [5, 5.41) is 0. The molecular weight excluding hydrogens is 228 g/mol. The predicted octanol–water partition coefficient (Wildman–Crippen LogP) is 1.81. The predicted molar refractivity (Wildman–Crippen MR) is 72.1 cm³/mol. The first-order valence-electron chi connectivity index (χ1n) is 6.88. The molecule has 18 heavy (non-hydrogen) atoms. The fourth-order valence-corrected chi connectivity index (χ4v) is 2.23. The van der Waals surface area contributed by atoms with Gasteiger partial charge in [0.15, 0.2) is 0 Å². The van der Waals surface area contributed by atoms with E-state index in [0.29, 0.717) is 6.54 Å². The second-order valence-electron chi connectivity index (χ2n) is 4.71. The topological polar surface area (TPSA) is 40.6 Å². The molecule has 1 aliphatic rings. The minimum Gasteiger partial charge on any atom is -0.341 e. The Labute approximate surface area is 110 Å². The van der Waals surface area contributed by atoms with Crippen molar-refractivity contribution in [3.8, 4) is 0 Å². The molecule has 0 aromatic heterocycles. The molecule has 1 rings (SSSR count). The van der Waals surface area contributed by atoms with Gasteiger partial charge < -0.3 is 9.80 Å². The Balaban J connectivity index is 2.50. The van der Waals surface area contributed by atoms with Crippen LogP contribution < -0.4 is 0 Å². The molecule has 0 radical (unpaired) electrons. The van der Waals surface area contributed by atoms with Crippen LogP contribution in [0.2, 0.25) is 0 Å². The summed E-state index contributed by atoms with van der Waals surface area (Å²) in [6, 6.07) is 0. The smallest absolute Gasteiger partial charge is 0.246 e. The molecule has 4 heteroatoms. The Morgan fingerprint density at radius 2 is 1.72 bits per heavy atom. The van der Waals surface area contributed by atoms with E-state index in [1.807, 2.05) is 11.8 Å². The highest BCUT2D eigenvalue weighted by atomic mass is 16.2. The van der Waals surface area contributed by atoms with Gasteiger partial charge >= 0.3 is 0 Å². The monoisotopic (exact) mass is 252 g/mol. The van der Waals surface area contributed by atoms with Gasteiger partial charge in [0.1, 0.15) is 0 Å². The molecule has 1 heterocycles. The number of carbonyl (C=O) groups excluding carboxylic acids is 2. The van der Waals surface area contributed by atoms with Gasteiger partial charge in [-0.2, -0.15) is 0 Å². The minimum atomic E-state index is -0.169. The summed E-state index contributed by atoms with van der Waals surface area (Å²) < 4.78 is 0. The highest BCUT2D eigenvalue weighted by Gasteiger charge is 2.19. The molecule has 1 aliphatic heterocycles. The second kappa shape index (κ2) is 7.90. The van der Waals surface area contributed by atoms with Crippen molar-refractivity contribution >= 4 is 11.8 Å². The molecule has 0 unspecified atom stereocenters. The average molecular weight is 252 g/mol. The molecule has 102 valence electrons. The number of hydrogen-bond donors (Lipinski definition) is 0. The average Bonchev–Trinajstić information content (AvgIpc) is 2.34. The Kier molecular flexibility index (Phi) is 6.47. The van der Waals surface area contributed by atoms with Crippen LogP contribution in [0.5, 0.6) is 0 Å². The van der Waals surface area contributed by atoms with Crippen LogP contribution in [0.15, 0.2) is 12.7 Å². The summed E-state index contributed by atoms with van der Waals surface area (Å²) in [6.07, 6.45) is 7.10. The lowest BCUT2D eigenvalue weighted by molar-refractivity contribution is -0.138. The van der Waals surface area contributed by atoms with E-state index in [1.54, 1.807) is 0 Å². The first-order chi connectivity index (χ1) is 8.69. The van der Waals surface area contributed by atoms with Gasteiger partial charge in [0.2, 0.25) is 11.8 Å². The molecule has 1 saturated heterocycles. The summed E-state index contributed by atoms with van der Waals surface area (Å²) in [7, 11) is 0. The number of likely N-dealkylation sites (N-methyl/N-ethyl adjacent to an activating group) is 1. The normalized spacial score (nSPS) is 16.6. The maximum absolute atomic E-state index is 12.2. The molecule has 0 N–H and O–H groups in total. The van der Waals surface area contributed by atoms with E-state index in [0.717, 1.165) is 25.9 Å². The SMILES string of the molecule is C=CC(=O)N(CC)CC(=O)N1CCCCCCC1. The van der Waals surface area contributed by atoms with Crippen molar-refractivity contribution in [3.05, 3.63) is 12.7 Å². The van der Waals surface area contributed by atoms with Gasteiger partial charge in [-0.05, 0) is 25.8 Å². The van der Waals surface area contributed by atoms with Gasteiger partial charge in [0.05, 0.1) is 6.54 Å². The molecule has 0 atom stereocenters. The Hall–Kier alpha value is -1.32. The van der Waals surface area contributed by atoms with Crippen molar-refractivity contribution in [2.24, 2.45) is 0 Å². The summed E-state index contributed by atoms with van der Waals surface area (Å²) >= 11 is 0. The number of hydrogen-bond acceptors (Lipinski definition) is 2. The summed E-state index contributed by atoms with van der Waals surface area (Å²) in [5.74, 6) is -0.105. The second-order valence-corrected chi connectivity index (χ2v) is 4.71. The third-order valence-corrected chi connectivity index (χ3v) is 3.40. The zero-order chi connectivity index (χ0) is 13.4. The standard InChI is InChI=1S/C14H24N2O2/c1-3-13(17)15(4-2)12-14(18)16-10-8-6-5-7-9-11-16/h3H,1,4-12H2,2H3. The fraction of sp³-hybridized carbons (Fsp3) is 0.714. The van der Waals surface area contributed by atoms with E-state index < -0.39 is 0 Å². The van der Waals surface area contributed by atoms with Crippen molar-refractivity contribution in [3.63, 3.8) is 0 Å². The summed E-state index contributed by atoms with van der Waals surface area (Å²) in [5.41, 5.74) is 0. The lowest BCUT2D eigenvalue weighted by Gasteiger charge is -2.27. The van der Waals surface area contributed by atoms with E-state index in [-0.39, 0.29) is 18.4 Å². The summed E-state index contributed by atoms with van der Waals surface area (Å²) in [4.78, 5) is 27.1. The molecule has 4 nitrogen and oxygen atoms in total. The largest absolute Gasteiger partial charge is 0.341 e. The van der Waals surface area contributed by atoms with E-state index in [4.69, 9.17) is 0 Å². The van der Waals surface area contributed by atoms with E-state index >= 15 is 0 Å². The van der Waals surface area contributed by atoms with E-state index in [9.17, 15) is 9.59 Å².